The number of halogens is 1. The second kappa shape index (κ2) is 11.0. The van der Waals surface area contributed by atoms with Gasteiger partial charge < -0.3 is 16.2 Å². The van der Waals surface area contributed by atoms with Crippen LogP contribution in [-0.4, -0.2) is 28.9 Å². The fourth-order valence-electron chi connectivity index (χ4n) is 2.20. The van der Waals surface area contributed by atoms with Crippen molar-refractivity contribution in [3.8, 4) is 0 Å². The highest BCUT2D eigenvalue weighted by atomic mass is 35.5. The molecule has 0 bridgehead atoms. The van der Waals surface area contributed by atoms with Crippen LogP contribution in [-0.2, 0) is 16.0 Å². The monoisotopic (exact) mass is 340 g/mol. The number of hydrogen-bond donors (Lipinski definition) is 3. The van der Waals surface area contributed by atoms with Gasteiger partial charge in [0.2, 0.25) is 5.91 Å². The molecule has 5 nitrogen and oxygen atoms in total. The van der Waals surface area contributed by atoms with Gasteiger partial charge in [0.25, 0.3) is 0 Å². The fourth-order valence-corrected chi connectivity index (χ4v) is 2.39. The Bertz CT molecular complexity index is 491. The third-order valence-corrected chi connectivity index (χ3v) is 3.82. The molecule has 1 amide bonds. The molecule has 1 aromatic carbocycles. The number of rotatable bonds is 11. The van der Waals surface area contributed by atoms with Crippen molar-refractivity contribution in [1.82, 2.24) is 0 Å². The Hall–Kier alpha value is -1.59. The van der Waals surface area contributed by atoms with Crippen molar-refractivity contribution in [2.24, 2.45) is 5.73 Å². The van der Waals surface area contributed by atoms with Gasteiger partial charge in [-0.2, -0.15) is 0 Å². The minimum Gasteiger partial charge on any atom is -0.480 e. The quantitative estimate of drug-likeness (QED) is 0.426. The number of benzene rings is 1. The molecule has 0 aliphatic rings. The molecular weight excluding hydrogens is 316 g/mol. The maximum atomic E-state index is 11.8. The van der Waals surface area contributed by atoms with Gasteiger partial charge in [-0.25, -0.2) is 0 Å². The first-order valence-electron chi connectivity index (χ1n) is 7.96. The van der Waals surface area contributed by atoms with E-state index in [0.29, 0.717) is 18.0 Å². The standard InChI is InChI=1S/C17H25ClN2O3/c18-11-5-3-1-2-4-6-16(21)20-14-9-7-13(8-10-14)12-15(19)17(22)23/h7-10,15H,1-6,11-12,19H2,(H,20,21)(H,22,23)/t15-/m0/s1. The van der Waals surface area contributed by atoms with E-state index in [0.717, 1.165) is 37.7 Å². The number of nitrogens with two attached hydrogens (primary N) is 1. The molecule has 1 atom stereocenters. The van der Waals surface area contributed by atoms with Crippen molar-refractivity contribution in [2.45, 2.75) is 51.0 Å². The molecule has 4 N–H and O–H groups in total. The molecule has 6 heteroatoms. The number of unbranched alkanes of at least 4 members (excludes halogenated alkanes) is 4. The largest absolute Gasteiger partial charge is 0.480 e. The lowest BCUT2D eigenvalue weighted by molar-refractivity contribution is -0.138. The Morgan fingerprint density at radius 3 is 2.30 bits per heavy atom. The van der Waals surface area contributed by atoms with E-state index < -0.39 is 12.0 Å². The smallest absolute Gasteiger partial charge is 0.320 e. The normalized spacial score (nSPS) is 11.9. The van der Waals surface area contributed by atoms with Crippen molar-refractivity contribution in [2.75, 3.05) is 11.2 Å². The number of carbonyl (C=O) groups is 2. The molecule has 1 rings (SSSR count). The summed E-state index contributed by atoms with van der Waals surface area (Å²) in [6, 6.07) is 6.19. The number of aliphatic carboxylic acids is 1. The Kier molecular flexibility index (Phi) is 9.33. The van der Waals surface area contributed by atoms with Crippen LogP contribution in [0.3, 0.4) is 0 Å². The summed E-state index contributed by atoms with van der Waals surface area (Å²) in [5, 5.41) is 11.6. The van der Waals surface area contributed by atoms with Crippen LogP contribution in [0.15, 0.2) is 24.3 Å². The number of nitrogens with one attached hydrogen (secondary N) is 1. The minimum absolute atomic E-state index is 0.00247. The topological polar surface area (TPSA) is 92.4 Å². The van der Waals surface area contributed by atoms with Gasteiger partial charge in [0, 0.05) is 18.0 Å². The lowest BCUT2D eigenvalue weighted by atomic mass is 10.1. The molecule has 0 aromatic heterocycles. The number of amides is 1. The number of hydrogen-bond acceptors (Lipinski definition) is 3. The van der Waals surface area contributed by atoms with Crippen LogP contribution in [0.2, 0.25) is 0 Å². The summed E-state index contributed by atoms with van der Waals surface area (Å²) in [5.41, 5.74) is 7.03. The Morgan fingerprint density at radius 2 is 1.70 bits per heavy atom. The highest BCUT2D eigenvalue weighted by Crippen LogP contribution is 2.12. The molecule has 0 saturated heterocycles. The summed E-state index contributed by atoms with van der Waals surface area (Å²) in [5.74, 6) is -0.320. The van der Waals surface area contributed by atoms with E-state index in [1.807, 2.05) is 0 Å². The number of carbonyl (C=O) groups excluding carboxylic acids is 1. The minimum atomic E-state index is -1.02. The molecule has 23 heavy (non-hydrogen) atoms. The van der Waals surface area contributed by atoms with Crippen LogP contribution in [0.25, 0.3) is 0 Å². The van der Waals surface area contributed by atoms with Crippen LogP contribution in [0.5, 0.6) is 0 Å². The second-order valence-corrected chi connectivity index (χ2v) is 5.98. The zero-order valence-electron chi connectivity index (χ0n) is 13.3. The lowest BCUT2D eigenvalue weighted by Crippen LogP contribution is -2.32. The Labute approximate surface area is 142 Å². The molecular formula is C17H25ClN2O3. The molecule has 128 valence electrons. The van der Waals surface area contributed by atoms with Gasteiger partial charge in [0.1, 0.15) is 6.04 Å². The molecule has 1 aromatic rings. The van der Waals surface area contributed by atoms with Gasteiger partial charge in [-0.1, -0.05) is 31.4 Å². The van der Waals surface area contributed by atoms with Crippen LogP contribution >= 0.6 is 11.6 Å². The number of carboxylic acid groups (broad SMARTS) is 1. The third kappa shape index (κ3) is 8.57. The van der Waals surface area contributed by atoms with Crippen molar-refractivity contribution in [3.05, 3.63) is 29.8 Å². The molecule has 0 fully saturated rings. The first-order chi connectivity index (χ1) is 11.0. The molecule has 0 heterocycles. The highest BCUT2D eigenvalue weighted by molar-refractivity contribution is 6.17. The number of anilines is 1. The van der Waals surface area contributed by atoms with Crippen molar-refractivity contribution < 1.29 is 14.7 Å². The average molecular weight is 341 g/mol. The van der Waals surface area contributed by atoms with Crippen LogP contribution in [0.1, 0.15) is 44.1 Å². The van der Waals surface area contributed by atoms with E-state index >= 15 is 0 Å². The van der Waals surface area contributed by atoms with E-state index in [1.165, 1.54) is 0 Å². The third-order valence-electron chi connectivity index (χ3n) is 3.55. The van der Waals surface area contributed by atoms with E-state index in [2.05, 4.69) is 5.32 Å². The van der Waals surface area contributed by atoms with E-state index in [4.69, 9.17) is 22.4 Å². The SMILES string of the molecule is N[C@@H](Cc1ccc(NC(=O)CCCCCCCCl)cc1)C(=O)O. The summed E-state index contributed by atoms with van der Waals surface area (Å²) < 4.78 is 0. The zero-order valence-corrected chi connectivity index (χ0v) is 14.0. The number of carboxylic acids is 1. The summed E-state index contributed by atoms with van der Waals surface area (Å²) in [4.78, 5) is 22.5. The molecule has 0 spiro atoms. The Morgan fingerprint density at radius 1 is 1.09 bits per heavy atom. The van der Waals surface area contributed by atoms with Crippen LogP contribution in [0.4, 0.5) is 5.69 Å². The molecule has 0 unspecified atom stereocenters. The van der Waals surface area contributed by atoms with E-state index in [1.54, 1.807) is 24.3 Å². The summed E-state index contributed by atoms with van der Waals surface area (Å²) >= 11 is 5.61. The molecule has 0 aliphatic carbocycles. The van der Waals surface area contributed by atoms with E-state index in [-0.39, 0.29) is 12.3 Å². The second-order valence-electron chi connectivity index (χ2n) is 5.60. The molecule has 0 saturated carbocycles. The average Bonchev–Trinajstić information content (AvgIpc) is 2.52. The first-order valence-corrected chi connectivity index (χ1v) is 8.49. The maximum absolute atomic E-state index is 11.8. The lowest BCUT2D eigenvalue weighted by Gasteiger charge is -2.08. The Balaban J connectivity index is 2.28. The number of alkyl halides is 1. The maximum Gasteiger partial charge on any atom is 0.320 e. The molecule has 0 aliphatic heterocycles. The van der Waals surface area contributed by atoms with Crippen molar-refractivity contribution >= 4 is 29.2 Å². The van der Waals surface area contributed by atoms with Gasteiger partial charge in [-0.05, 0) is 37.0 Å². The van der Waals surface area contributed by atoms with Gasteiger partial charge >= 0.3 is 5.97 Å². The van der Waals surface area contributed by atoms with Gasteiger partial charge in [-0.15, -0.1) is 11.6 Å². The van der Waals surface area contributed by atoms with Gasteiger partial charge in [0.15, 0.2) is 0 Å². The van der Waals surface area contributed by atoms with Gasteiger partial charge in [-0.3, -0.25) is 9.59 Å². The predicted octanol–water partition coefficient (Wildman–Crippen LogP) is 3.16. The molecule has 0 radical (unpaired) electrons. The summed E-state index contributed by atoms with van der Waals surface area (Å²) in [6.45, 7) is 0. The zero-order chi connectivity index (χ0) is 17.1. The highest BCUT2D eigenvalue weighted by Gasteiger charge is 2.12. The van der Waals surface area contributed by atoms with Crippen molar-refractivity contribution in [1.29, 1.82) is 0 Å². The van der Waals surface area contributed by atoms with E-state index in [9.17, 15) is 9.59 Å². The summed E-state index contributed by atoms with van der Waals surface area (Å²) in [6.07, 6.45) is 5.95. The van der Waals surface area contributed by atoms with Gasteiger partial charge in [0.05, 0.1) is 0 Å². The first kappa shape index (κ1) is 19.5. The fraction of sp³-hybridized carbons (Fsp3) is 0.529. The predicted molar refractivity (Wildman–Crippen MR) is 92.8 cm³/mol. The van der Waals surface area contributed by atoms with Crippen LogP contribution in [0, 0.1) is 0 Å². The van der Waals surface area contributed by atoms with Crippen molar-refractivity contribution in [3.63, 3.8) is 0 Å². The van der Waals surface area contributed by atoms with Crippen LogP contribution < -0.4 is 11.1 Å². The summed E-state index contributed by atoms with van der Waals surface area (Å²) in [7, 11) is 0.